The van der Waals surface area contributed by atoms with Crippen molar-refractivity contribution in [2.24, 2.45) is 5.41 Å². The Balaban J connectivity index is 1.62. The van der Waals surface area contributed by atoms with Crippen LogP contribution >= 0.6 is 0 Å². The predicted octanol–water partition coefficient (Wildman–Crippen LogP) is 3.64. The topological polar surface area (TPSA) is 23.5 Å². The first-order valence-corrected chi connectivity index (χ1v) is 8.31. The third-order valence-electron chi connectivity index (χ3n) is 5.02. The van der Waals surface area contributed by atoms with Crippen molar-refractivity contribution in [2.75, 3.05) is 19.7 Å². The van der Waals surface area contributed by atoms with Gasteiger partial charge in [-0.05, 0) is 49.5 Å². The van der Waals surface area contributed by atoms with Crippen LogP contribution in [0.5, 0.6) is 0 Å². The van der Waals surface area contributed by atoms with Crippen LogP contribution in [-0.4, -0.2) is 29.7 Å². The second-order valence-corrected chi connectivity index (χ2v) is 6.69. The van der Waals surface area contributed by atoms with E-state index >= 15 is 0 Å². The van der Waals surface area contributed by atoms with Crippen LogP contribution in [0.15, 0.2) is 54.6 Å². The fraction of sp³-hybridized carbons (Fsp3) is 0.400. The predicted molar refractivity (Wildman–Crippen MR) is 90.6 cm³/mol. The summed E-state index contributed by atoms with van der Waals surface area (Å²) in [5.74, 6) is -0.160. The van der Waals surface area contributed by atoms with Crippen molar-refractivity contribution in [3.63, 3.8) is 0 Å². The highest BCUT2D eigenvalue weighted by Gasteiger charge is 2.34. The number of likely N-dealkylation sites (tertiary alicyclic amines) is 1. The molecule has 0 saturated carbocycles. The third kappa shape index (κ3) is 3.98. The molecule has 1 fully saturated rings. The van der Waals surface area contributed by atoms with Gasteiger partial charge in [0.15, 0.2) is 0 Å². The van der Waals surface area contributed by atoms with Crippen LogP contribution in [0.25, 0.3) is 0 Å². The normalized spacial score (nSPS) is 18.0. The fourth-order valence-electron chi connectivity index (χ4n) is 3.46. The molecule has 2 aromatic carbocycles. The number of benzene rings is 2. The Hall–Kier alpha value is -1.71. The van der Waals surface area contributed by atoms with Crippen molar-refractivity contribution >= 4 is 0 Å². The summed E-state index contributed by atoms with van der Waals surface area (Å²) in [5, 5.41) is 9.93. The minimum atomic E-state index is -0.185. The second-order valence-electron chi connectivity index (χ2n) is 6.69. The molecule has 2 aromatic rings. The Kier molecular flexibility index (Phi) is 5.09. The van der Waals surface area contributed by atoms with E-state index in [0.717, 1.165) is 38.0 Å². The Morgan fingerprint density at radius 1 is 0.957 bits per heavy atom. The van der Waals surface area contributed by atoms with E-state index in [-0.39, 0.29) is 17.8 Å². The van der Waals surface area contributed by atoms with Crippen molar-refractivity contribution < 1.29 is 9.50 Å². The Labute approximate surface area is 137 Å². The molecule has 2 nitrogen and oxygen atoms in total. The molecule has 0 aromatic heterocycles. The maximum Gasteiger partial charge on any atom is 0.126 e. The van der Waals surface area contributed by atoms with Gasteiger partial charge in [-0.2, -0.15) is 0 Å². The molecule has 0 bridgehead atoms. The monoisotopic (exact) mass is 313 g/mol. The van der Waals surface area contributed by atoms with E-state index in [4.69, 9.17) is 0 Å². The molecule has 3 heteroatoms. The zero-order chi connectivity index (χ0) is 16.1. The summed E-state index contributed by atoms with van der Waals surface area (Å²) in [4.78, 5) is 2.42. The first-order valence-electron chi connectivity index (χ1n) is 8.31. The molecule has 0 spiro atoms. The second kappa shape index (κ2) is 7.24. The van der Waals surface area contributed by atoms with E-state index in [1.54, 1.807) is 6.07 Å². The lowest BCUT2D eigenvalue weighted by Crippen LogP contribution is -2.43. The minimum Gasteiger partial charge on any atom is -0.396 e. The summed E-state index contributed by atoms with van der Waals surface area (Å²) in [5.41, 5.74) is 1.85. The van der Waals surface area contributed by atoms with Crippen LogP contribution in [0.3, 0.4) is 0 Å². The van der Waals surface area contributed by atoms with E-state index < -0.39 is 0 Å². The van der Waals surface area contributed by atoms with Crippen molar-refractivity contribution in [3.05, 3.63) is 71.5 Å². The molecule has 1 N–H and O–H groups in total. The van der Waals surface area contributed by atoms with Gasteiger partial charge in [-0.25, -0.2) is 4.39 Å². The van der Waals surface area contributed by atoms with Crippen molar-refractivity contribution in [3.8, 4) is 0 Å². The molecule has 122 valence electrons. The highest BCUT2D eigenvalue weighted by Crippen LogP contribution is 2.35. The molecule has 0 atom stereocenters. The van der Waals surface area contributed by atoms with Crippen LogP contribution in [0.2, 0.25) is 0 Å². The molecule has 1 heterocycles. The highest BCUT2D eigenvalue weighted by molar-refractivity contribution is 5.19. The summed E-state index contributed by atoms with van der Waals surface area (Å²) in [7, 11) is 0. The van der Waals surface area contributed by atoms with E-state index in [0.29, 0.717) is 6.42 Å². The van der Waals surface area contributed by atoms with Gasteiger partial charge in [0.05, 0.1) is 0 Å². The number of halogens is 1. The lowest BCUT2D eigenvalue weighted by molar-refractivity contribution is 0.0408. The molecule has 1 saturated heterocycles. The zero-order valence-electron chi connectivity index (χ0n) is 13.4. The number of hydrogen-bond acceptors (Lipinski definition) is 2. The van der Waals surface area contributed by atoms with E-state index in [9.17, 15) is 9.50 Å². The highest BCUT2D eigenvalue weighted by atomic mass is 19.1. The van der Waals surface area contributed by atoms with Crippen molar-refractivity contribution in [1.29, 1.82) is 0 Å². The molecule has 3 rings (SSSR count). The van der Waals surface area contributed by atoms with Crippen LogP contribution in [0, 0.1) is 11.2 Å². The number of aliphatic hydroxyl groups excluding tert-OH is 1. The molecular formula is C20H24FNO. The lowest BCUT2D eigenvalue weighted by atomic mass is 9.74. The Morgan fingerprint density at radius 3 is 2.26 bits per heavy atom. The van der Waals surface area contributed by atoms with Gasteiger partial charge in [0.2, 0.25) is 0 Å². The summed E-state index contributed by atoms with van der Waals surface area (Å²) < 4.78 is 13.9. The maximum absolute atomic E-state index is 13.9. The molecule has 1 aliphatic rings. The van der Waals surface area contributed by atoms with E-state index in [1.165, 1.54) is 11.6 Å². The summed E-state index contributed by atoms with van der Waals surface area (Å²) in [6.07, 6.45) is 2.44. The summed E-state index contributed by atoms with van der Waals surface area (Å²) >= 11 is 0. The Bertz CT molecular complexity index is 621. The minimum absolute atomic E-state index is 0.126. The number of nitrogens with zero attached hydrogens (tertiary/aromatic N) is 1. The van der Waals surface area contributed by atoms with Gasteiger partial charge in [0.1, 0.15) is 5.82 Å². The third-order valence-corrected chi connectivity index (χ3v) is 5.02. The number of piperidine rings is 1. The molecule has 0 amide bonds. The van der Waals surface area contributed by atoms with Gasteiger partial charge < -0.3 is 5.11 Å². The first-order chi connectivity index (χ1) is 11.2. The standard InChI is InChI=1S/C20H24FNO/c21-19-9-5-4-8-18(19)14-20(16-23)10-12-22(13-11-20)15-17-6-2-1-3-7-17/h1-9,23H,10-16H2. The molecule has 0 radical (unpaired) electrons. The quantitative estimate of drug-likeness (QED) is 0.911. The lowest BCUT2D eigenvalue weighted by Gasteiger charge is -2.41. The van der Waals surface area contributed by atoms with Gasteiger partial charge in [-0.15, -0.1) is 0 Å². The van der Waals surface area contributed by atoms with Crippen molar-refractivity contribution in [1.82, 2.24) is 4.90 Å². The number of hydrogen-bond donors (Lipinski definition) is 1. The van der Waals surface area contributed by atoms with Gasteiger partial charge in [-0.1, -0.05) is 48.5 Å². The smallest absolute Gasteiger partial charge is 0.126 e. The van der Waals surface area contributed by atoms with Gasteiger partial charge >= 0.3 is 0 Å². The molecule has 0 aliphatic carbocycles. The average Bonchev–Trinajstić information content (AvgIpc) is 2.60. The number of rotatable bonds is 5. The summed E-state index contributed by atoms with van der Waals surface area (Å²) in [6.45, 7) is 2.97. The Morgan fingerprint density at radius 2 is 1.61 bits per heavy atom. The molecular weight excluding hydrogens is 289 g/mol. The molecule has 0 unspecified atom stereocenters. The summed E-state index contributed by atoms with van der Waals surface area (Å²) in [6, 6.07) is 17.4. The first kappa shape index (κ1) is 16.2. The molecule has 1 aliphatic heterocycles. The van der Waals surface area contributed by atoms with E-state index in [1.807, 2.05) is 18.2 Å². The fourth-order valence-corrected chi connectivity index (χ4v) is 3.46. The van der Waals surface area contributed by atoms with E-state index in [2.05, 4.69) is 29.2 Å². The van der Waals surface area contributed by atoms with Crippen molar-refractivity contribution in [2.45, 2.75) is 25.8 Å². The van der Waals surface area contributed by atoms with Crippen LogP contribution in [0.1, 0.15) is 24.0 Å². The van der Waals surface area contributed by atoms with Gasteiger partial charge in [0.25, 0.3) is 0 Å². The average molecular weight is 313 g/mol. The zero-order valence-corrected chi connectivity index (χ0v) is 13.4. The maximum atomic E-state index is 13.9. The van der Waals surface area contributed by atoms with Crippen LogP contribution in [-0.2, 0) is 13.0 Å². The van der Waals surface area contributed by atoms with Crippen LogP contribution < -0.4 is 0 Å². The number of aliphatic hydroxyl groups is 1. The van der Waals surface area contributed by atoms with Gasteiger partial charge in [-0.3, -0.25) is 4.90 Å². The SMILES string of the molecule is OCC1(Cc2ccccc2F)CCN(Cc2ccccc2)CC1. The van der Waals surface area contributed by atoms with Crippen LogP contribution in [0.4, 0.5) is 4.39 Å². The van der Waals surface area contributed by atoms with Gasteiger partial charge in [0, 0.05) is 18.6 Å². The largest absolute Gasteiger partial charge is 0.396 e. The molecule has 23 heavy (non-hydrogen) atoms.